The van der Waals surface area contributed by atoms with Gasteiger partial charge in [-0.15, -0.1) is 0 Å². The second kappa shape index (κ2) is 7.71. The molecule has 168 valence electrons. The molecular weight excluding hydrogens is 422 g/mol. The monoisotopic (exact) mass is 449 g/mol. The highest BCUT2D eigenvalue weighted by Crippen LogP contribution is 2.50. The summed E-state index contributed by atoms with van der Waals surface area (Å²) in [7, 11) is 0. The fraction of sp³-hybridized carbons (Fsp3) is 0.118. The summed E-state index contributed by atoms with van der Waals surface area (Å²) >= 11 is 0. The van der Waals surface area contributed by atoms with Gasteiger partial charge in [-0.1, -0.05) is 111 Å². The number of benzene rings is 5. The van der Waals surface area contributed by atoms with Gasteiger partial charge in [0.05, 0.1) is 11.0 Å². The van der Waals surface area contributed by atoms with Crippen molar-refractivity contribution >= 4 is 21.8 Å². The van der Waals surface area contributed by atoms with Gasteiger partial charge in [-0.2, -0.15) is 0 Å². The summed E-state index contributed by atoms with van der Waals surface area (Å²) in [6.07, 6.45) is 0. The van der Waals surface area contributed by atoms with E-state index >= 15 is 0 Å². The predicted molar refractivity (Wildman–Crippen MR) is 148 cm³/mol. The van der Waals surface area contributed by atoms with E-state index in [1.165, 1.54) is 60.9 Å². The highest BCUT2D eigenvalue weighted by Gasteiger charge is 2.32. The molecule has 7 rings (SSSR count). The Morgan fingerprint density at radius 3 is 1.57 bits per heavy atom. The molecule has 0 fully saturated rings. The standard InChI is InChI=1S/C34H27N/c1-22(2)33-29(34-27-16-5-3-12-23(27)24-13-4-6-17-28(24)34)18-11-21-32(33)35-30-19-9-7-14-25(30)26-15-8-10-20-31(26)35/h3-22,34H,1-2H3. The highest BCUT2D eigenvalue weighted by molar-refractivity contribution is 6.09. The van der Waals surface area contributed by atoms with Crippen LogP contribution < -0.4 is 0 Å². The fourth-order valence-electron chi connectivity index (χ4n) is 6.32. The molecule has 0 aliphatic heterocycles. The summed E-state index contributed by atoms with van der Waals surface area (Å²) in [5, 5.41) is 2.61. The van der Waals surface area contributed by atoms with Gasteiger partial charge in [0, 0.05) is 22.4 Å². The number of aromatic nitrogens is 1. The Balaban J connectivity index is 1.57. The van der Waals surface area contributed by atoms with Crippen LogP contribution in [0.4, 0.5) is 0 Å². The molecule has 0 atom stereocenters. The molecule has 1 heterocycles. The van der Waals surface area contributed by atoms with Gasteiger partial charge in [-0.05, 0) is 57.5 Å². The maximum Gasteiger partial charge on any atom is 0.0541 e. The SMILES string of the molecule is CC(C)c1c(C2c3ccccc3-c3ccccc32)cccc1-n1c2ccccc2c2ccccc21. The van der Waals surface area contributed by atoms with Gasteiger partial charge >= 0.3 is 0 Å². The van der Waals surface area contributed by atoms with E-state index in [4.69, 9.17) is 0 Å². The molecule has 0 amide bonds. The molecule has 1 aliphatic rings. The minimum atomic E-state index is 0.243. The zero-order valence-electron chi connectivity index (χ0n) is 20.1. The normalized spacial score (nSPS) is 13.0. The average Bonchev–Trinajstić information content (AvgIpc) is 3.41. The number of rotatable bonds is 3. The van der Waals surface area contributed by atoms with E-state index in [-0.39, 0.29) is 5.92 Å². The van der Waals surface area contributed by atoms with E-state index in [0.29, 0.717) is 5.92 Å². The van der Waals surface area contributed by atoms with E-state index in [1.807, 2.05) is 0 Å². The maximum absolute atomic E-state index is 2.48. The lowest BCUT2D eigenvalue weighted by Gasteiger charge is -2.24. The summed E-state index contributed by atoms with van der Waals surface area (Å²) in [6.45, 7) is 4.67. The zero-order chi connectivity index (χ0) is 23.5. The van der Waals surface area contributed by atoms with Crippen LogP contribution in [0.5, 0.6) is 0 Å². The minimum absolute atomic E-state index is 0.243. The van der Waals surface area contributed by atoms with Crippen molar-refractivity contribution in [3.63, 3.8) is 0 Å². The third-order valence-corrected chi connectivity index (χ3v) is 7.66. The third-order valence-electron chi connectivity index (χ3n) is 7.66. The van der Waals surface area contributed by atoms with Crippen molar-refractivity contribution in [1.82, 2.24) is 4.57 Å². The van der Waals surface area contributed by atoms with Crippen LogP contribution in [0, 0.1) is 0 Å². The third kappa shape index (κ3) is 2.88. The number of fused-ring (bicyclic) bond motifs is 6. The van der Waals surface area contributed by atoms with Crippen LogP contribution in [-0.2, 0) is 0 Å². The first-order valence-corrected chi connectivity index (χ1v) is 12.5. The van der Waals surface area contributed by atoms with Gasteiger partial charge < -0.3 is 4.57 Å². The van der Waals surface area contributed by atoms with Crippen molar-refractivity contribution in [3.05, 3.63) is 138 Å². The smallest absolute Gasteiger partial charge is 0.0541 e. The molecule has 6 aromatic rings. The Kier molecular flexibility index (Phi) is 4.47. The Bertz CT molecular complexity index is 1630. The molecule has 1 nitrogen and oxygen atoms in total. The molecule has 35 heavy (non-hydrogen) atoms. The van der Waals surface area contributed by atoms with Gasteiger partial charge in [0.2, 0.25) is 0 Å². The van der Waals surface area contributed by atoms with Crippen molar-refractivity contribution in [3.8, 4) is 16.8 Å². The molecule has 0 bridgehead atoms. The molecule has 0 radical (unpaired) electrons. The van der Waals surface area contributed by atoms with E-state index in [2.05, 4.69) is 134 Å². The Morgan fingerprint density at radius 1 is 0.514 bits per heavy atom. The van der Waals surface area contributed by atoms with Crippen LogP contribution >= 0.6 is 0 Å². The molecule has 0 unspecified atom stereocenters. The van der Waals surface area contributed by atoms with Crippen LogP contribution in [-0.4, -0.2) is 4.57 Å². The number of para-hydroxylation sites is 2. The van der Waals surface area contributed by atoms with Crippen molar-refractivity contribution in [2.75, 3.05) is 0 Å². The summed E-state index contributed by atoms with van der Waals surface area (Å²) in [6, 6.07) is 42.4. The second-order valence-corrected chi connectivity index (χ2v) is 9.91. The minimum Gasteiger partial charge on any atom is -0.309 e. The molecule has 1 heteroatoms. The summed E-state index contributed by atoms with van der Waals surface area (Å²) in [4.78, 5) is 0. The summed E-state index contributed by atoms with van der Waals surface area (Å²) in [5.41, 5.74) is 12.2. The predicted octanol–water partition coefficient (Wildman–Crippen LogP) is 9.07. The van der Waals surface area contributed by atoms with Crippen LogP contribution in [0.15, 0.2) is 115 Å². The highest BCUT2D eigenvalue weighted by atomic mass is 15.0. The van der Waals surface area contributed by atoms with Gasteiger partial charge in [0.25, 0.3) is 0 Å². The maximum atomic E-state index is 2.48. The topological polar surface area (TPSA) is 4.93 Å². The van der Waals surface area contributed by atoms with Gasteiger partial charge in [-0.25, -0.2) is 0 Å². The average molecular weight is 450 g/mol. The van der Waals surface area contributed by atoms with Crippen LogP contribution in [0.3, 0.4) is 0 Å². The number of nitrogens with zero attached hydrogens (tertiary/aromatic N) is 1. The Morgan fingerprint density at radius 2 is 1.00 bits per heavy atom. The van der Waals surface area contributed by atoms with Crippen LogP contribution in [0.25, 0.3) is 38.6 Å². The van der Waals surface area contributed by atoms with E-state index < -0.39 is 0 Å². The van der Waals surface area contributed by atoms with Crippen LogP contribution in [0.2, 0.25) is 0 Å². The molecule has 5 aromatic carbocycles. The van der Waals surface area contributed by atoms with Crippen molar-refractivity contribution < 1.29 is 0 Å². The van der Waals surface area contributed by atoms with Crippen molar-refractivity contribution in [2.24, 2.45) is 0 Å². The quantitative estimate of drug-likeness (QED) is 0.253. The lowest BCUT2D eigenvalue weighted by atomic mass is 9.82. The second-order valence-electron chi connectivity index (χ2n) is 9.91. The molecule has 1 aliphatic carbocycles. The largest absolute Gasteiger partial charge is 0.309 e. The molecule has 0 saturated heterocycles. The van der Waals surface area contributed by atoms with Crippen molar-refractivity contribution in [1.29, 1.82) is 0 Å². The first-order valence-electron chi connectivity index (χ1n) is 12.5. The Labute approximate surface area is 206 Å². The number of hydrogen-bond donors (Lipinski definition) is 0. The summed E-state index contributed by atoms with van der Waals surface area (Å²) in [5.74, 6) is 0.619. The lowest BCUT2D eigenvalue weighted by Crippen LogP contribution is -2.09. The summed E-state index contributed by atoms with van der Waals surface area (Å²) < 4.78 is 2.48. The van der Waals surface area contributed by atoms with Gasteiger partial charge in [0.15, 0.2) is 0 Å². The van der Waals surface area contributed by atoms with Gasteiger partial charge in [-0.3, -0.25) is 0 Å². The van der Waals surface area contributed by atoms with E-state index in [1.54, 1.807) is 0 Å². The van der Waals surface area contributed by atoms with Crippen molar-refractivity contribution in [2.45, 2.75) is 25.7 Å². The number of hydrogen-bond acceptors (Lipinski definition) is 0. The molecule has 0 N–H and O–H groups in total. The first kappa shape index (κ1) is 20.3. The fourth-order valence-corrected chi connectivity index (χ4v) is 6.32. The molecule has 1 aromatic heterocycles. The van der Waals surface area contributed by atoms with Gasteiger partial charge in [0.1, 0.15) is 0 Å². The molecule has 0 saturated carbocycles. The molecule has 0 spiro atoms. The van der Waals surface area contributed by atoms with E-state index in [0.717, 1.165) is 0 Å². The van der Waals surface area contributed by atoms with Crippen LogP contribution in [0.1, 0.15) is 47.9 Å². The zero-order valence-corrected chi connectivity index (χ0v) is 20.1. The Hall–Kier alpha value is -4.10. The first-order chi connectivity index (χ1) is 17.2. The molecular formula is C34H27N. The lowest BCUT2D eigenvalue weighted by molar-refractivity contribution is 0.820. The van der Waals surface area contributed by atoms with E-state index in [9.17, 15) is 0 Å².